The highest BCUT2D eigenvalue weighted by molar-refractivity contribution is 6.07. The molecular formula is C18H18N2O2. The number of rotatable bonds is 5. The van der Waals surface area contributed by atoms with Crippen LogP contribution in [0.5, 0.6) is 0 Å². The molecule has 0 aliphatic heterocycles. The van der Waals surface area contributed by atoms with Crippen molar-refractivity contribution in [1.82, 2.24) is 4.98 Å². The van der Waals surface area contributed by atoms with E-state index in [9.17, 15) is 4.79 Å². The predicted molar refractivity (Wildman–Crippen MR) is 89.0 cm³/mol. The monoisotopic (exact) mass is 294 g/mol. The van der Waals surface area contributed by atoms with Gasteiger partial charge in [0.25, 0.3) is 0 Å². The molecule has 4 heteroatoms. The van der Waals surface area contributed by atoms with E-state index < -0.39 is 0 Å². The third-order valence-corrected chi connectivity index (χ3v) is 3.52. The molecule has 0 bridgehead atoms. The van der Waals surface area contributed by atoms with Crippen molar-refractivity contribution >= 4 is 33.5 Å². The molecule has 0 fully saturated rings. The molecule has 0 aliphatic carbocycles. The van der Waals surface area contributed by atoms with Gasteiger partial charge in [0.15, 0.2) is 0 Å². The van der Waals surface area contributed by atoms with Crippen LogP contribution in [0, 0.1) is 0 Å². The maximum absolute atomic E-state index is 11.5. The number of nitrogens with one attached hydrogen (secondary N) is 1. The third-order valence-electron chi connectivity index (χ3n) is 3.52. The molecule has 1 heterocycles. The van der Waals surface area contributed by atoms with Crippen LogP contribution in [-0.2, 0) is 9.53 Å². The zero-order valence-electron chi connectivity index (χ0n) is 12.5. The Kier molecular flexibility index (Phi) is 4.19. The number of anilines is 1. The van der Waals surface area contributed by atoms with Crippen molar-refractivity contribution in [1.29, 1.82) is 0 Å². The molecule has 22 heavy (non-hydrogen) atoms. The van der Waals surface area contributed by atoms with Gasteiger partial charge in [-0.2, -0.15) is 0 Å². The summed E-state index contributed by atoms with van der Waals surface area (Å²) in [4.78, 5) is 16.2. The number of para-hydroxylation sites is 2. The van der Waals surface area contributed by atoms with E-state index in [1.165, 1.54) is 0 Å². The van der Waals surface area contributed by atoms with Gasteiger partial charge in [-0.15, -0.1) is 0 Å². The van der Waals surface area contributed by atoms with E-state index in [0.29, 0.717) is 19.6 Å². The van der Waals surface area contributed by atoms with Crippen LogP contribution in [0.25, 0.3) is 21.8 Å². The molecule has 0 saturated carbocycles. The lowest BCUT2D eigenvalue weighted by molar-refractivity contribution is -0.142. The Balaban J connectivity index is 1.96. The van der Waals surface area contributed by atoms with Crippen molar-refractivity contribution in [2.24, 2.45) is 0 Å². The molecule has 0 amide bonds. The van der Waals surface area contributed by atoms with Crippen LogP contribution in [0.2, 0.25) is 0 Å². The van der Waals surface area contributed by atoms with E-state index in [4.69, 9.17) is 4.74 Å². The predicted octanol–water partition coefficient (Wildman–Crippen LogP) is 3.75. The molecule has 0 unspecified atom stereocenters. The van der Waals surface area contributed by atoms with Gasteiger partial charge in [0.1, 0.15) is 0 Å². The lowest BCUT2D eigenvalue weighted by Crippen LogP contribution is -2.11. The first kappa shape index (κ1) is 14.3. The molecule has 1 N–H and O–H groups in total. The van der Waals surface area contributed by atoms with Gasteiger partial charge in [-0.05, 0) is 19.1 Å². The van der Waals surface area contributed by atoms with Gasteiger partial charge in [0.2, 0.25) is 0 Å². The lowest BCUT2D eigenvalue weighted by Gasteiger charge is -2.12. The van der Waals surface area contributed by atoms with Gasteiger partial charge in [0, 0.05) is 17.3 Å². The Morgan fingerprint density at radius 2 is 1.64 bits per heavy atom. The van der Waals surface area contributed by atoms with Crippen LogP contribution in [0.15, 0.2) is 48.5 Å². The van der Waals surface area contributed by atoms with Crippen LogP contribution < -0.4 is 5.32 Å². The molecule has 3 aromatic rings. The minimum atomic E-state index is -0.183. The van der Waals surface area contributed by atoms with Gasteiger partial charge >= 0.3 is 5.97 Å². The summed E-state index contributed by atoms with van der Waals surface area (Å²) in [6.45, 7) is 2.77. The van der Waals surface area contributed by atoms with Crippen LogP contribution in [0.4, 0.5) is 5.69 Å². The fourth-order valence-corrected chi connectivity index (χ4v) is 2.55. The second-order valence-electron chi connectivity index (χ2n) is 5.00. The molecule has 0 saturated heterocycles. The first-order valence-electron chi connectivity index (χ1n) is 7.46. The van der Waals surface area contributed by atoms with Gasteiger partial charge < -0.3 is 10.1 Å². The smallest absolute Gasteiger partial charge is 0.307 e. The number of carbonyl (C=O) groups is 1. The topological polar surface area (TPSA) is 51.2 Å². The van der Waals surface area contributed by atoms with Crippen LogP contribution in [-0.4, -0.2) is 24.1 Å². The number of benzene rings is 2. The number of hydrogen-bond donors (Lipinski definition) is 1. The van der Waals surface area contributed by atoms with Crippen molar-refractivity contribution < 1.29 is 9.53 Å². The average molecular weight is 294 g/mol. The van der Waals surface area contributed by atoms with E-state index in [0.717, 1.165) is 27.5 Å². The number of nitrogens with zero attached hydrogens (tertiary/aromatic N) is 1. The highest BCUT2D eigenvalue weighted by atomic mass is 16.5. The summed E-state index contributed by atoms with van der Waals surface area (Å²) in [6.07, 6.45) is 0.346. The summed E-state index contributed by atoms with van der Waals surface area (Å²) in [6, 6.07) is 16.0. The zero-order valence-corrected chi connectivity index (χ0v) is 12.5. The summed E-state index contributed by atoms with van der Waals surface area (Å²) >= 11 is 0. The van der Waals surface area contributed by atoms with Gasteiger partial charge in [-0.1, -0.05) is 36.4 Å². The molecule has 0 spiro atoms. The molecule has 1 aromatic heterocycles. The van der Waals surface area contributed by atoms with Crippen LogP contribution in [0.1, 0.15) is 13.3 Å². The van der Waals surface area contributed by atoms with Crippen LogP contribution in [0.3, 0.4) is 0 Å². The molecule has 0 radical (unpaired) electrons. The van der Waals surface area contributed by atoms with E-state index in [1.54, 1.807) is 0 Å². The Hall–Kier alpha value is -2.62. The van der Waals surface area contributed by atoms with E-state index in [1.807, 2.05) is 55.5 Å². The van der Waals surface area contributed by atoms with E-state index >= 15 is 0 Å². The maximum Gasteiger partial charge on any atom is 0.307 e. The Labute approximate surface area is 129 Å². The van der Waals surface area contributed by atoms with Crippen LogP contribution >= 0.6 is 0 Å². The van der Waals surface area contributed by atoms with Crippen molar-refractivity contribution in [2.45, 2.75) is 13.3 Å². The fourth-order valence-electron chi connectivity index (χ4n) is 2.55. The minimum absolute atomic E-state index is 0.183. The summed E-state index contributed by atoms with van der Waals surface area (Å²) in [5, 5.41) is 5.50. The maximum atomic E-state index is 11.5. The number of fused-ring (bicyclic) bond motifs is 2. The minimum Gasteiger partial charge on any atom is -0.466 e. The third kappa shape index (κ3) is 2.86. The molecule has 0 aliphatic rings. The second kappa shape index (κ2) is 6.43. The standard InChI is InChI=1S/C18H18N2O2/c1-2-22-17(21)11-12-19-18-13-7-3-5-9-15(13)20-16-10-6-4-8-14(16)18/h3-10H,2,11-12H2,1H3,(H,19,20). The number of ether oxygens (including phenoxy) is 1. The number of esters is 1. The van der Waals surface area contributed by atoms with Crippen molar-refractivity contribution in [3.8, 4) is 0 Å². The van der Waals surface area contributed by atoms with E-state index in [2.05, 4.69) is 10.3 Å². The van der Waals surface area contributed by atoms with Gasteiger partial charge in [-0.3, -0.25) is 4.79 Å². The first-order chi connectivity index (χ1) is 10.8. The summed E-state index contributed by atoms with van der Waals surface area (Å²) in [7, 11) is 0. The fraction of sp³-hybridized carbons (Fsp3) is 0.222. The molecule has 4 nitrogen and oxygen atoms in total. The number of carbonyl (C=O) groups excluding carboxylic acids is 1. The SMILES string of the molecule is CCOC(=O)CCNc1c2ccccc2nc2ccccc12. The largest absolute Gasteiger partial charge is 0.466 e. The Morgan fingerprint density at radius 1 is 1.05 bits per heavy atom. The zero-order chi connectivity index (χ0) is 15.4. The van der Waals surface area contributed by atoms with Gasteiger partial charge in [0.05, 0.1) is 29.7 Å². The summed E-state index contributed by atoms with van der Waals surface area (Å²) in [5.41, 5.74) is 2.91. The van der Waals surface area contributed by atoms with Gasteiger partial charge in [-0.25, -0.2) is 4.98 Å². The lowest BCUT2D eigenvalue weighted by atomic mass is 10.1. The number of hydrogen-bond acceptors (Lipinski definition) is 4. The quantitative estimate of drug-likeness (QED) is 0.575. The Morgan fingerprint density at radius 3 is 2.23 bits per heavy atom. The number of pyridine rings is 1. The number of aromatic nitrogens is 1. The van der Waals surface area contributed by atoms with Crippen molar-refractivity contribution in [3.05, 3.63) is 48.5 Å². The highest BCUT2D eigenvalue weighted by Crippen LogP contribution is 2.30. The second-order valence-corrected chi connectivity index (χ2v) is 5.00. The molecule has 3 rings (SSSR count). The highest BCUT2D eigenvalue weighted by Gasteiger charge is 2.09. The summed E-state index contributed by atoms with van der Waals surface area (Å²) < 4.78 is 4.96. The van der Waals surface area contributed by atoms with E-state index in [-0.39, 0.29) is 5.97 Å². The Bertz CT molecular complexity index is 760. The molecule has 0 atom stereocenters. The average Bonchev–Trinajstić information content (AvgIpc) is 2.54. The van der Waals surface area contributed by atoms with Crippen molar-refractivity contribution in [3.63, 3.8) is 0 Å². The normalized spacial score (nSPS) is 10.8. The molecule has 2 aromatic carbocycles. The summed E-state index contributed by atoms with van der Waals surface area (Å²) in [5.74, 6) is -0.183. The van der Waals surface area contributed by atoms with Crippen molar-refractivity contribution in [2.75, 3.05) is 18.5 Å². The molecule has 112 valence electrons. The first-order valence-corrected chi connectivity index (χ1v) is 7.46. The molecular weight excluding hydrogens is 276 g/mol.